The van der Waals surface area contributed by atoms with Gasteiger partial charge in [-0.15, -0.1) is 0 Å². The lowest BCUT2D eigenvalue weighted by molar-refractivity contribution is -0.139. The van der Waals surface area contributed by atoms with Gasteiger partial charge in [0.1, 0.15) is 6.04 Å². The number of benzene rings is 2. The Hall–Kier alpha value is -2.13. The average Bonchev–Trinajstić information content (AvgIpc) is 2.46. The lowest BCUT2D eigenvalue weighted by atomic mass is 10.1. The maximum absolute atomic E-state index is 11.3. The molecule has 0 heterocycles. The SMILES string of the molecule is Cc1ccc(CN[C@@H](Cc2ccccc2)C(=O)O)cc1. The fraction of sp³-hybridized carbons (Fsp3) is 0.235. The van der Waals surface area contributed by atoms with Crippen LogP contribution in [0.4, 0.5) is 0 Å². The topological polar surface area (TPSA) is 49.3 Å². The molecule has 0 aromatic heterocycles. The minimum absolute atomic E-state index is 0.488. The van der Waals surface area contributed by atoms with Crippen LogP contribution in [0.2, 0.25) is 0 Å². The quantitative estimate of drug-likeness (QED) is 0.847. The van der Waals surface area contributed by atoms with E-state index in [0.717, 1.165) is 11.1 Å². The van der Waals surface area contributed by atoms with Gasteiger partial charge in [-0.1, -0.05) is 60.2 Å². The summed E-state index contributed by atoms with van der Waals surface area (Å²) in [6, 6.07) is 17.2. The zero-order chi connectivity index (χ0) is 14.4. The van der Waals surface area contributed by atoms with Crippen molar-refractivity contribution in [1.29, 1.82) is 0 Å². The Labute approximate surface area is 119 Å². The number of hydrogen-bond acceptors (Lipinski definition) is 2. The molecule has 0 saturated heterocycles. The molecule has 0 aliphatic heterocycles. The van der Waals surface area contributed by atoms with Crippen molar-refractivity contribution in [3.63, 3.8) is 0 Å². The molecule has 3 nitrogen and oxygen atoms in total. The monoisotopic (exact) mass is 269 g/mol. The summed E-state index contributed by atoms with van der Waals surface area (Å²) in [6.45, 7) is 2.59. The molecule has 2 aromatic carbocycles. The maximum atomic E-state index is 11.3. The van der Waals surface area contributed by atoms with Crippen LogP contribution in [0, 0.1) is 6.92 Å². The van der Waals surface area contributed by atoms with Gasteiger partial charge in [0.25, 0.3) is 0 Å². The zero-order valence-corrected chi connectivity index (χ0v) is 11.5. The molecular formula is C17H19NO2. The van der Waals surface area contributed by atoms with Crippen molar-refractivity contribution in [2.75, 3.05) is 0 Å². The molecule has 0 radical (unpaired) electrons. The minimum Gasteiger partial charge on any atom is -0.480 e. The van der Waals surface area contributed by atoms with Gasteiger partial charge in [0.15, 0.2) is 0 Å². The molecule has 0 spiro atoms. The van der Waals surface area contributed by atoms with Gasteiger partial charge in [-0.05, 0) is 24.5 Å². The number of carboxylic acids is 1. The summed E-state index contributed by atoms with van der Waals surface area (Å²) in [4.78, 5) is 11.3. The van der Waals surface area contributed by atoms with E-state index in [9.17, 15) is 9.90 Å². The summed E-state index contributed by atoms with van der Waals surface area (Å²) in [5.74, 6) is -0.819. The molecule has 0 aliphatic carbocycles. The first kappa shape index (κ1) is 14.3. The largest absolute Gasteiger partial charge is 0.480 e. The Balaban J connectivity index is 1.96. The van der Waals surface area contributed by atoms with E-state index in [4.69, 9.17) is 0 Å². The van der Waals surface area contributed by atoms with Gasteiger partial charge in [0.2, 0.25) is 0 Å². The highest BCUT2D eigenvalue weighted by Gasteiger charge is 2.16. The first-order valence-electron chi connectivity index (χ1n) is 6.71. The van der Waals surface area contributed by atoms with Crippen molar-refractivity contribution in [2.45, 2.75) is 25.9 Å². The molecule has 104 valence electrons. The Morgan fingerprint density at radius 3 is 2.30 bits per heavy atom. The van der Waals surface area contributed by atoms with Crippen LogP contribution in [-0.2, 0) is 17.8 Å². The molecule has 0 saturated carbocycles. The molecule has 0 bridgehead atoms. The average molecular weight is 269 g/mol. The molecule has 2 N–H and O–H groups in total. The number of aryl methyl sites for hydroxylation is 1. The summed E-state index contributed by atoms with van der Waals surface area (Å²) >= 11 is 0. The maximum Gasteiger partial charge on any atom is 0.321 e. The van der Waals surface area contributed by atoms with Gasteiger partial charge in [-0.25, -0.2) is 0 Å². The summed E-state index contributed by atoms with van der Waals surface area (Å²) < 4.78 is 0. The highest BCUT2D eigenvalue weighted by atomic mass is 16.4. The second-order valence-corrected chi connectivity index (χ2v) is 4.95. The third-order valence-corrected chi connectivity index (χ3v) is 3.25. The van der Waals surface area contributed by atoms with Crippen molar-refractivity contribution in [2.24, 2.45) is 0 Å². The lowest BCUT2D eigenvalue weighted by Crippen LogP contribution is -2.38. The fourth-order valence-corrected chi connectivity index (χ4v) is 2.04. The first-order chi connectivity index (χ1) is 9.65. The van der Waals surface area contributed by atoms with Crippen LogP contribution in [0.5, 0.6) is 0 Å². The van der Waals surface area contributed by atoms with E-state index in [2.05, 4.69) is 5.32 Å². The van der Waals surface area contributed by atoms with Crippen LogP contribution < -0.4 is 5.32 Å². The van der Waals surface area contributed by atoms with E-state index in [1.54, 1.807) is 0 Å². The molecule has 0 fully saturated rings. The number of aliphatic carboxylic acids is 1. The molecular weight excluding hydrogens is 250 g/mol. The molecule has 2 rings (SSSR count). The van der Waals surface area contributed by atoms with E-state index < -0.39 is 12.0 Å². The van der Waals surface area contributed by atoms with Gasteiger partial charge in [0, 0.05) is 6.54 Å². The number of carbonyl (C=O) groups is 1. The van der Waals surface area contributed by atoms with Crippen LogP contribution in [0.15, 0.2) is 54.6 Å². The number of nitrogens with one attached hydrogen (secondary N) is 1. The van der Waals surface area contributed by atoms with Gasteiger partial charge < -0.3 is 10.4 Å². The molecule has 20 heavy (non-hydrogen) atoms. The molecule has 2 aromatic rings. The zero-order valence-electron chi connectivity index (χ0n) is 11.5. The van der Waals surface area contributed by atoms with E-state index in [1.165, 1.54) is 5.56 Å². The van der Waals surface area contributed by atoms with Crippen LogP contribution in [0.3, 0.4) is 0 Å². The minimum atomic E-state index is -0.819. The van der Waals surface area contributed by atoms with E-state index in [0.29, 0.717) is 13.0 Å². The second-order valence-electron chi connectivity index (χ2n) is 4.95. The van der Waals surface area contributed by atoms with Crippen molar-refractivity contribution in [3.05, 3.63) is 71.3 Å². The predicted octanol–water partition coefficient (Wildman–Crippen LogP) is 2.78. The van der Waals surface area contributed by atoms with E-state index in [-0.39, 0.29) is 0 Å². The molecule has 3 heteroatoms. The predicted molar refractivity (Wildman–Crippen MR) is 79.6 cm³/mol. The summed E-state index contributed by atoms with van der Waals surface area (Å²) in [6.07, 6.45) is 0.488. The van der Waals surface area contributed by atoms with Crippen molar-refractivity contribution < 1.29 is 9.90 Å². The molecule has 0 amide bonds. The van der Waals surface area contributed by atoms with Gasteiger partial charge in [-0.3, -0.25) is 4.79 Å². The number of carboxylic acid groups (broad SMARTS) is 1. The molecule has 0 aliphatic rings. The summed E-state index contributed by atoms with van der Waals surface area (Å²) in [7, 11) is 0. The van der Waals surface area contributed by atoms with E-state index in [1.807, 2.05) is 61.5 Å². The summed E-state index contributed by atoms with van der Waals surface area (Å²) in [5.41, 5.74) is 3.32. The normalized spacial score (nSPS) is 12.1. The number of hydrogen-bond donors (Lipinski definition) is 2. The first-order valence-corrected chi connectivity index (χ1v) is 6.71. The second kappa shape index (κ2) is 6.87. The summed E-state index contributed by atoms with van der Waals surface area (Å²) in [5, 5.41) is 12.4. The molecule has 0 unspecified atom stereocenters. The third kappa shape index (κ3) is 4.21. The highest BCUT2D eigenvalue weighted by Crippen LogP contribution is 2.06. The van der Waals surface area contributed by atoms with Crippen molar-refractivity contribution >= 4 is 5.97 Å². The highest BCUT2D eigenvalue weighted by molar-refractivity contribution is 5.73. The standard InChI is InChI=1S/C17H19NO2/c1-13-7-9-15(10-8-13)12-18-16(17(19)20)11-14-5-3-2-4-6-14/h2-10,16,18H,11-12H2,1H3,(H,19,20)/t16-/m0/s1. The third-order valence-electron chi connectivity index (χ3n) is 3.25. The van der Waals surface area contributed by atoms with Crippen molar-refractivity contribution in [1.82, 2.24) is 5.32 Å². The Kier molecular flexibility index (Phi) is 4.91. The van der Waals surface area contributed by atoms with Crippen LogP contribution in [0.1, 0.15) is 16.7 Å². The Bertz CT molecular complexity index is 549. The van der Waals surface area contributed by atoms with Crippen LogP contribution >= 0.6 is 0 Å². The molecule has 1 atom stereocenters. The van der Waals surface area contributed by atoms with Gasteiger partial charge >= 0.3 is 5.97 Å². The lowest BCUT2D eigenvalue weighted by Gasteiger charge is -2.14. The van der Waals surface area contributed by atoms with Gasteiger partial charge in [0.05, 0.1) is 0 Å². The Morgan fingerprint density at radius 2 is 1.70 bits per heavy atom. The van der Waals surface area contributed by atoms with Crippen LogP contribution in [0.25, 0.3) is 0 Å². The van der Waals surface area contributed by atoms with E-state index >= 15 is 0 Å². The smallest absolute Gasteiger partial charge is 0.321 e. The van der Waals surface area contributed by atoms with Crippen LogP contribution in [-0.4, -0.2) is 17.1 Å². The number of rotatable bonds is 6. The Morgan fingerprint density at radius 1 is 1.05 bits per heavy atom. The fourth-order valence-electron chi connectivity index (χ4n) is 2.04. The van der Waals surface area contributed by atoms with Gasteiger partial charge in [-0.2, -0.15) is 0 Å². The van der Waals surface area contributed by atoms with Crippen molar-refractivity contribution in [3.8, 4) is 0 Å².